The predicted octanol–water partition coefficient (Wildman–Crippen LogP) is 2.02. The van der Waals surface area contributed by atoms with Crippen molar-refractivity contribution in [3.05, 3.63) is 23.8 Å². The minimum atomic E-state index is -0.109. The van der Waals surface area contributed by atoms with Crippen molar-refractivity contribution >= 4 is 17.3 Å². The number of amides is 1. The van der Waals surface area contributed by atoms with Gasteiger partial charge in [-0.1, -0.05) is 6.07 Å². The third-order valence-corrected chi connectivity index (χ3v) is 2.77. The lowest BCUT2D eigenvalue weighted by molar-refractivity contribution is -0.120. The SMILES string of the molecule is CCOCC(=O)Nc1ccc2c(c1)NCCC2. The molecule has 1 aromatic rings. The van der Waals surface area contributed by atoms with E-state index in [-0.39, 0.29) is 12.5 Å². The molecule has 2 N–H and O–H groups in total. The van der Waals surface area contributed by atoms with Crippen LogP contribution in [0.25, 0.3) is 0 Å². The van der Waals surface area contributed by atoms with Crippen LogP contribution in [0.5, 0.6) is 0 Å². The Labute approximate surface area is 101 Å². The largest absolute Gasteiger partial charge is 0.385 e. The first-order valence-electron chi connectivity index (χ1n) is 6.04. The van der Waals surface area contributed by atoms with Crippen LogP contribution in [0.2, 0.25) is 0 Å². The highest BCUT2D eigenvalue weighted by Crippen LogP contribution is 2.25. The monoisotopic (exact) mass is 234 g/mol. The van der Waals surface area contributed by atoms with Crippen molar-refractivity contribution in [2.24, 2.45) is 0 Å². The molecule has 0 fully saturated rings. The lowest BCUT2D eigenvalue weighted by atomic mass is 10.0. The minimum Gasteiger partial charge on any atom is -0.385 e. The number of rotatable bonds is 4. The maximum Gasteiger partial charge on any atom is 0.250 e. The van der Waals surface area contributed by atoms with E-state index in [4.69, 9.17) is 4.74 Å². The van der Waals surface area contributed by atoms with Crippen LogP contribution in [0.1, 0.15) is 18.9 Å². The van der Waals surface area contributed by atoms with Crippen LogP contribution in [-0.2, 0) is 16.0 Å². The molecule has 1 aliphatic rings. The van der Waals surface area contributed by atoms with Crippen LogP contribution in [0, 0.1) is 0 Å². The molecule has 0 atom stereocenters. The zero-order valence-corrected chi connectivity index (χ0v) is 10.1. The first-order valence-corrected chi connectivity index (χ1v) is 6.04. The van der Waals surface area contributed by atoms with Crippen molar-refractivity contribution in [3.63, 3.8) is 0 Å². The fraction of sp³-hybridized carbons (Fsp3) is 0.462. The summed E-state index contributed by atoms with van der Waals surface area (Å²) in [5.41, 5.74) is 3.27. The van der Waals surface area contributed by atoms with Gasteiger partial charge in [-0.3, -0.25) is 4.79 Å². The molecule has 0 unspecified atom stereocenters. The molecule has 0 aromatic heterocycles. The molecule has 1 heterocycles. The van der Waals surface area contributed by atoms with Gasteiger partial charge in [-0.15, -0.1) is 0 Å². The van der Waals surface area contributed by atoms with Gasteiger partial charge >= 0.3 is 0 Å². The van der Waals surface area contributed by atoms with Crippen molar-refractivity contribution in [2.75, 3.05) is 30.4 Å². The topological polar surface area (TPSA) is 50.4 Å². The second kappa shape index (κ2) is 5.68. The molecular weight excluding hydrogens is 216 g/mol. The summed E-state index contributed by atoms with van der Waals surface area (Å²) in [6, 6.07) is 5.99. The smallest absolute Gasteiger partial charge is 0.250 e. The van der Waals surface area contributed by atoms with Gasteiger partial charge in [0, 0.05) is 24.5 Å². The summed E-state index contributed by atoms with van der Waals surface area (Å²) in [7, 11) is 0. The van der Waals surface area contributed by atoms with Gasteiger partial charge in [0.25, 0.3) is 0 Å². The van der Waals surface area contributed by atoms with Crippen molar-refractivity contribution in [3.8, 4) is 0 Å². The third-order valence-electron chi connectivity index (χ3n) is 2.77. The predicted molar refractivity (Wildman–Crippen MR) is 68.4 cm³/mol. The minimum absolute atomic E-state index is 0.109. The van der Waals surface area contributed by atoms with E-state index in [0.29, 0.717) is 6.61 Å². The molecule has 0 saturated heterocycles. The Balaban J connectivity index is 1.99. The van der Waals surface area contributed by atoms with E-state index in [1.165, 1.54) is 12.0 Å². The third kappa shape index (κ3) is 3.20. The molecule has 4 nitrogen and oxygen atoms in total. The molecule has 17 heavy (non-hydrogen) atoms. The summed E-state index contributed by atoms with van der Waals surface area (Å²) in [6.07, 6.45) is 2.28. The Morgan fingerprint density at radius 2 is 2.41 bits per heavy atom. The fourth-order valence-electron chi connectivity index (χ4n) is 1.93. The summed E-state index contributed by atoms with van der Waals surface area (Å²) in [5.74, 6) is -0.109. The maximum absolute atomic E-state index is 11.5. The first-order chi connectivity index (χ1) is 8.29. The Morgan fingerprint density at radius 3 is 3.24 bits per heavy atom. The van der Waals surface area contributed by atoms with Crippen LogP contribution < -0.4 is 10.6 Å². The van der Waals surface area contributed by atoms with E-state index in [1.54, 1.807) is 0 Å². The number of carbonyl (C=O) groups is 1. The lowest BCUT2D eigenvalue weighted by Crippen LogP contribution is -2.19. The Hall–Kier alpha value is -1.55. The van der Waals surface area contributed by atoms with E-state index in [0.717, 1.165) is 24.3 Å². The van der Waals surface area contributed by atoms with Crippen LogP contribution in [0.4, 0.5) is 11.4 Å². The first kappa shape index (κ1) is 11.9. The molecule has 1 aromatic carbocycles. The summed E-state index contributed by atoms with van der Waals surface area (Å²) in [6.45, 7) is 3.54. The number of carbonyl (C=O) groups excluding carboxylic acids is 1. The summed E-state index contributed by atoms with van der Waals surface area (Å²) in [4.78, 5) is 11.5. The highest BCUT2D eigenvalue weighted by molar-refractivity contribution is 5.92. The van der Waals surface area contributed by atoms with Gasteiger partial charge in [0.2, 0.25) is 5.91 Å². The highest BCUT2D eigenvalue weighted by Gasteiger charge is 2.09. The molecule has 1 aliphatic heterocycles. The van der Waals surface area contributed by atoms with Crippen molar-refractivity contribution in [1.82, 2.24) is 0 Å². The molecule has 92 valence electrons. The maximum atomic E-state index is 11.5. The summed E-state index contributed by atoms with van der Waals surface area (Å²) >= 11 is 0. The van der Waals surface area contributed by atoms with Crippen molar-refractivity contribution < 1.29 is 9.53 Å². The fourth-order valence-corrected chi connectivity index (χ4v) is 1.93. The van der Waals surface area contributed by atoms with Gasteiger partial charge in [0.05, 0.1) is 0 Å². The number of benzene rings is 1. The number of nitrogens with one attached hydrogen (secondary N) is 2. The summed E-state index contributed by atoms with van der Waals surface area (Å²) < 4.78 is 5.05. The van der Waals surface area contributed by atoms with E-state index in [2.05, 4.69) is 16.7 Å². The number of anilines is 2. The standard InChI is InChI=1S/C13H18N2O2/c1-2-17-9-13(16)15-11-6-5-10-4-3-7-14-12(10)8-11/h5-6,8,14H,2-4,7,9H2,1H3,(H,15,16). The van der Waals surface area contributed by atoms with Gasteiger partial charge in [-0.05, 0) is 37.5 Å². The number of hydrogen-bond acceptors (Lipinski definition) is 3. The second-order valence-corrected chi connectivity index (χ2v) is 4.09. The van der Waals surface area contributed by atoms with Gasteiger partial charge in [0.15, 0.2) is 0 Å². The molecule has 1 amide bonds. The van der Waals surface area contributed by atoms with Gasteiger partial charge in [-0.2, -0.15) is 0 Å². The normalized spacial score (nSPS) is 13.7. The Morgan fingerprint density at radius 1 is 1.53 bits per heavy atom. The van der Waals surface area contributed by atoms with Crippen LogP contribution in [0.3, 0.4) is 0 Å². The van der Waals surface area contributed by atoms with Crippen molar-refractivity contribution in [1.29, 1.82) is 0 Å². The van der Waals surface area contributed by atoms with E-state index in [9.17, 15) is 4.79 Å². The molecule has 0 spiro atoms. The molecule has 0 radical (unpaired) electrons. The molecule has 2 rings (SSSR count). The highest BCUT2D eigenvalue weighted by atomic mass is 16.5. The number of hydrogen-bond donors (Lipinski definition) is 2. The molecular formula is C13H18N2O2. The average molecular weight is 234 g/mol. The second-order valence-electron chi connectivity index (χ2n) is 4.09. The van der Waals surface area contributed by atoms with Crippen LogP contribution >= 0.6 is 0 Å². The molecule has 4 heteroatoms. The van der Waals surface area contributed by atoms with Crippen molar-refractivity contribution in [2.45, 2.75) is 19.8 Å². The van der Waals surface area contributed by atoms with Crippen LogP contribution in [-0.4, -0.2) is 25.7 Å². The van der Waals surface area contributed by atoms with Gasteiger partial charge < -0.3 is 15.4 Å². The molecule has 0 bridgehead atoms. The van der Waals surface area contributed by atoms with Gasteiger partial charge in [0.1, 0.15) is 6.61 Å². The van der Waals surface area contributed by atoms with E-state index < -0.39 is 0 Å². The Bertz CT molecular complexity index is 404. The molecule has 0 saturated carbocycles. The van der Waals surface area contributed by atoms with Crippen LogP contribution in [0.15, 0.2) is 18.2 Å². The van der Waals surface area contributed by atoms with E-state index >= 15 is 0 Å². The Kier molecular flexibility index (Phi) is 3.98. The van der Waals surface area contributed by atoms with E-state index in [1.807, 2.05) is 19.1 Å². The number of ether oxygens (including phenoxy) is 1. The zero-order valence-electron chi connectivity index (χ0n) is 10.1. The molecule has 0 aliphatic carbocycles. The van der Waals surface area contributed by atoms with Gasteiger partial charge in [-0.25, -0.2) is 0 Å². The zero-order chi connectivity index (χ0) is 12.1. The lowest BCUT2D eigenvalue weighted by Gasteiger charge is -2.18. The quantitative estimate of drug-likeness (QED) is 0.838. The average Bonchev–Trinajstić information content (AvgIpc) is 2.36. The number of fused-ring (bicyclic) bond motifs is 1. The summed E-state index contributed by atoms with van der Waals surface area (Å²) in [5, 5.41) is 6.16. The number of aryl methyl sites for hydroxylation is 1.